The Labute approximate surface area is 208 Å². The Balaban J connectivity index is 1.89. The van der Waals surface area contributed by atoms with Gasteiger partial charge in [-0.1, -0.05) is 0 Å². The Hall–Kier alpha value is -2.92. The number of aliphatic hydroxyl groups is 1. The van der Waals surface area contributed by atoms with E-state index in [1.807, 2.05) is 0 Å². The molecule has 11 nitrogen and oxygen atoms in total. The highest BCUT2D eigenvalue weighted by Crippen LogP contribution is 2.63. The maximum atomic E-state index is 13.0. The smallest absolute Gasteiger partial charge is 0.341 e. The Kier molecular flexibility index (Phi) is 6.45. The van der Waals surface area contributed by atoms with Crippen LogP contribution in [0.5, 0.6) is 0 Å². The van der Waals surface area contributed by atoms with Gasteiger partial charge >= 0.3 is 23.9 Å². The van der Waals surface area contributed by atoms with Crippen LogP contribution < -0.4 is 0 Å². The molecule has 3 aliphatic rings. The molecule has 8 atom stereocenters. The molecule has 36 heavy (non-hydrogen) atoms. The lowest BCUT2D eigenvalue weighted by atomic mass is 9.54. The van der Waals surface area contributed by atoms with Crippen LogP contribution in [-0.2, 0) is 38.1 Å². The largest absolute Gasteiger partial charge is 0.472 e. The molecule has 1 aliphatic heterocycles. The summed E-state index contributed by atoms with van der Waals surface area (Å²) in [6, 6.07) is 1.44. The van der Waals surface area contributed by atoms with Crippen LogP contribution in [-0.4, -0.2) is 70.2 Å². The molecule has 0 aromatic carbocycles. The lowest BCUT2D eigenvalue weighted by Crippen LogP contribution is -2.76. The Morgan fingerprint density at radius 2 is 1.58 bits per heavy atom. The first-order chi connectivity index (χ1) is 16.7. The molecule has 1 aromatic rings. The van der Waals surface area contributed by atoms with Crippen LogP contribution in [0.2, 0.25) is 0 Å². The normalized spacial score (nSPS) is 38.4. The fourth-order valence-electron chi connectivity index (χ4n) is 6.42. The van der Waals surface area contributed by atoms with Crippen LogP contribution in [0.4, 0.5) is 0 Å². The fraction of sp³-hybridized carbons (Fsp3) is 0.680. The average Bonchev–Trinajstić information content (AvgIpc) is 3.30. The first kappa shape index (κ1) is 26.2. The summed E-state index contributed by atoms with van der Waals surface area (Å²) < 4.78 is 34.5. The number of hydrogen-bond donors (Lipinski definition) is 1. The van der Waals surface area contributed by atoms with Crippen molar-refractivity contribution >= 4 is 23.9 Å². The number of hydrogen-bond acceptors (Lipinski definition) is 11. The summed E-state index contributed by atoms with van der Waals surface area (Å²) in [5.41, 5.74) is -4.15. The van der Waals surface area contributed by atoms with Crippen molar-refractivity contribution in [3.63, 3.8) is 0 Å². The zero-order valence-electron chi connectivity index (χ0n) is 21.1. The van der Waals surface area contributed by atoms with Crippen LogP contribution >= 0.6 is 0 Å². The van der Waals surface area contributed by atoms with E-state index in [9.17, 15) is 24.3 Å². The van der Waals surface area contributed by atoms with Crippen LogP contribution in [0, 0.1) is 11.8 Å². The third-order valence-corrected chi connectivity index (χ3v) is 7.58. The lowest BCUT2D eigenvalue weighted by molar-refractivity contribution is -0.309. The van der Waals surface area contributed by atoms with Gasteiger partial charge < -0.3 is 33.2 Å². The van der Waals surface area contributed by atoms with Gasteiger partial charge in [-0.25, -0.2) is 4.79 Å². The van der Waals surface area contributed by atoms with E-state index in [0.29, 0.717) is 0 Å². The summed E-state index contributed by atoms with van der Waals surface area (Å²) in [5, 5.41) is 11.9. The summed E-state index contributed by atoms with van der Waals surface area (Å²) in [7, 11) is 0. The molecule has 0 radical (unpaired) electrons. The highest BCUT2D eigenvalue weighted by molar-refractivity contribution is 5.89. The van der Waals surface area contributed by atoms with Crippen LogP contribution in [0.1, 0.15) is 64.7 Å². The van der Waals surface area contributed by atoms with Gasteiger partial charge in [-0.2, -0.15) is 0 Å². The molecule has 0 amide bonds. The molecule has 4 unspecified atom stereocenters. The highest BCUT2D eigenvalue weighted by Gasteiger charge is 2.79. The Bertz CT molecular complexity index is 1040. The number of rotatable bonds is 5. The van der Waals surface area contributed by atoms with Crippen molar-refractivity contribution < 1.29 is 52.4 Å². The van der Waals surface area contributed by atoms with Crippen molar-refractivity contribution in [2.75, 3.05) is 0 Å². The van der Waals surface area contributed by atoms with E-state index < -0.39 is 76.9 Å². The maximum absolute atomic E-state index is 13.0. The third-order valence-electron chi connectivity index (χ3n) is 7.58. The van der Waals surface area contributed by atoms with E-state index in [1.54, 1.807) is 13.8 Å². The number of ether oxygens (including phenoxy) is 5. The molecule has 198 valence electrons. The Morgan fingerprint density at radius 3 is 2.14 bits per heavy atom. The van der Waals surface area contributed by atoms with E-state index in [4.69, 9.17) is 28.1 Å². The molecule has 4 rings (SSSR count). The minimum atomic E-state index is -1.75. The molecule has 1 saturated heterocycles. The Morgan fingerprint density at radius 1 is 0.944 bits per heavy atom. The van der Waals surface area contributed by atoms with Crippen LogP contribution in [0.3, 0.4) is 0 Å². The third kappa shape index (κ3) is 4.17. The van der Waals surface area contributed by atoms with Gasteiger partial charge in [0.2, 0.25) is 0 Å². The number of esters is 4. The van der Waals surface area contributed by atoms with Gasteiger partial charge in [-0.05, 0) is 33.3 Å². The number of furan rings is 1. The predicted octanol–water partition coefficient (Wildman–Crippen LogP) is 1.94. The molecule has 3 fully saturated rings. The van der Waals surface area contributed by atoms with Crippen molar-refractivity contribution in [2.45, 2.75) is 95.6 Å². The van der Waals surface area contributed by atoms with Crippen molar-refractivity contribution in [1.82, 2.24) is 0 Å². The van der Waals surface area contributed by atoms with E-state index in [2.05, 4.69) is 0 Å². The SMILES string of the molecule is CC(=O)OC1C[C@@](C)(O)[C@]23OC(C)(C)[C@H](CC(OC(=O)c4ccoc4)[C@@H]2C1OC(C)=O)C3OC(C)=O. The van der Waals surface area contributed by atoms with Crippen molar-refractivity contribution in [3.8, 4) is 0 Å². The van der Waals surface area contributed by atoms with E-state index in [0.717, 1.165) is 0 Å². The summed E-state index contributed by atoms with van der Waals surface area (Å²) in [6.45, 7) is 8.76. The standard InChI is InChI=1S/C25H32O11/c1-12(26)32-18-10-24(6,30)25-19(20(18)33-13(2)27)17(35-22(29)15-7-8-31-11-15)9-16(23(4,5)36-25)21(25)34-14(3)28/h7-8,11,16-21,30H,9-10H2,1-6H3/t16-,17?,18?,19-,20?,21?,24-,25+/m1/s1. The molecule has 2 saturated carbocycles. The highest BCUT2D eigenvalue weighted by atomic mass is 16.6. The van der Waals surface area contributed by atoms with Crippen molar-refractivity contribution in [3.05, 3.63) is 24.2 Å². The lowest BCUT2D eigenvalue weighted by Gasteiger charge is -2.59. The molecule has 1 N–H and O–H groups in total. The first-order valence-corrected chi connectivity index (χ1v) is 11.9. The average molecular weight is 509 g/mol. The second-order valence-electron chi connectivity index (χ2n) is 10.6. The van der Waals surface area contributed by atoms with Gasteiger partial charge in [0.05, 0.1) is 28.9 Å². The van der Waals surface area contributed by atoms with E-state index >= 15 is 0 Å². The van der Waals surface area contributed by atoms with Gasteiger partial charge in [-0.15, -0.1) is 0 Å². The summed E-state index contributed by atoms with van der Waals surface area (Å²) in [6.07, 6.45) is -1.60. The zero-order valence-corrected chi connectivity index (χ0v) is 21.1. The van der Waals surface area contributed by atoms with Crippen LogP contribution in [0.15, 0.2) is 23.0 Å². The monoisotopic (exact) mass is 508 g/mol. The van der Waals surface area contributed by atoms with Gasteiger partial charge in [0.15, 0.2) is 0 Å². The predicted molar refractivity (Wildman–Crippen MR) is 119 cm³/mol. The number of fused-ring (bicyclic) bond motifs is 1. The summed E-state index contributed by atoms with van der Waals surface area (Å²) in [4.78, 5) is 49.4. The topological polar surface area (TPSA) is 148 Å². The van der Waals surface area contributed by atoms with Gasteiger partial charge in [0.1, 0.15) is 36.3 Å². The molecular weight excluding hydrogens is 476 g/mol. The molecule has 1 aromatic heterocycles. The molecule has 2 bridgehead atoms. The summed E-state index contributed by atoms with van der Waals surface area (Å²) >= 11 is 0. The molecule has 1 spiro atoms. The van der Waals surface area contributed by atoms with Crippen molar-refractivity contribution in [1.29, 1.82) is 0 Å². The van der Waals surface area contributed by atoms with Crippen LogP contribution in [0.25, 0.3) is 0 Å². The van der Waals surface area contributed by atoms with E-state index in [1.165, 1.54) is 46.3 Å². The zero-order chi connectivity index (χ0) is 26.6. The second-order valence-corrected chi connectivity index (χ2v) is 10.6. The van der Waals surface area contributed by atoms with Crippen molar-refractivity contribution in [2.24, 2.45) is 11.8 Å². The molecular formula is C25H32O11. The molecule has 2 aliphatic carbocycles. The summed E-state index contributed by atoms with van der Waals surface area (Å²) in [5.74, 6) is -4.11. The number of carbonyl (C=O) groups excluding carboxylic acids is 4. The van der Waals surface area contributed by atoms with Gasteiger partial charge in [-0.3, -0.25) is 14.4 Å². The maximum Gasteiger partial charge on any atom is 0.341 e. The fourth-order valence-corrected chi connectivity index (χ4v) is 6.42. The first-order valence-electron chi connectivity index (χ1n) is 11.9. The minimum Gasteiger partial charge on any atom is -0.472 e. The van der Waals surface area contributed by atoms with Gasteiger partial charge in [0, 0.05) is 33.1 Å². The van der Waals surface area contributed by atoms with Gasteiger partial charge in [0.25, 0.3) is 0 Å². The quantitative estimate of drug-likeness (QED) is 0.459. The molecule has 11 heteroatoms. The van der Waals surface area contributed by atoms with E-state index in [-0.39, 0.29) is 18.4 Å². The molecule has 2 heterocycles. The number of carbonyl (C=O) groups is 4. The minimum absolute atomic E-state index is 0.168. The second kappa shape index (κ2) is 8.88.